The van der Waals surface area contributed by atoms with Gasteiger partial charge in [0.15, 0.2) is 0 Å². The van der Waals surface area contributed by atoms with Crippen molar-refractivity contribution in [2.75, 3.05) is 20.3 Å². The molecule has 0 aromatic carbocycles. The third-order valence-corrected chi connectivity index (χ3v) is 4.18. The lowest BCUT2D eigenvalue weighted by Crippen LogP contribution is -2.43. The van der Waals surface area contributed by atoms with Gasteiger partial charge < -0.3 is 14.8 Å². The van der Waals surface area contributed by atoms with E-state index in [1.807, 2.05) is 0 Å². The van der Waals surface area contributed by atoms with Gasteiger partial charge >= 0.3 is 5.97 Å². The molecule has 0 spiro atoms. The molecule has 0 aromatic heterocycles. The van der Waals surface area contributed by atoms with Crippen LogP contribution in [0.15, 0.2) is 0 Å². The summed E-state index contributed by atoms with van der Waals surface area (Å²) in [7, 11) is 1.42. The highest BCUT2D eigenvalue weighted by Gasteiger charge is 2.27. The predicted octanol–water partition coefficient (Wildman–Crippen LogP) is 2.37. The number of methoxy groups -OCH3 is 1. The van der Waals surface area contributed by atoms with Crippen LogP contribution in [0.3, 0.4) is 0 Å². The Morgan fingerprint density at radius 1 is 1.32 bits per heavy atom. The van der Waals surface area contributed by atoms with Crippen LogP contribution in [0.2, 0.25) is 0 Å². The summed E-state index contributed by atoms with van der Waals surface area (Å²) < 4.78 is 10.7. The highest BCUT2D eigenvalue weighted by Crippen LogP contribution is 2.30. The van der Waals surface area contributed by atoms with Gasteiger partial charge in [-0.3, -0.25) is 4.79 Å². The minimum absolute atomic E-state index is 0.231. The summed E-state index contributed by atoms with van der Waals surface area (Å²) >= 11 is 0. The second kappa shape index (κ2) is 8.54. The van der Waals surface area contributed by atoms with E-state index in [1.165, 1.54) is 13.5 Å². The Morgan fingerprint density at radius 3 is 2.63 bits per heavy atom. The van der Waals surface area contributed by atoms with Crippen LogP contribution in [0.1, 0.15) is 46.5 Å². The number of hydrogen-bond acceptors (Lipinski definition) is 4. The van der Waals surface area contributed by atoms with Crippen molar-refractivity contribution in [2.24, 2.45) is 11.8 Å². The molecule has 0 aliphatic heterocycles. The van der Waals surface area contributed by atoms with Crippen molar-refractivity contribution in [1.82, 2.24) is 5.32 Å². The fourth-order valence-electron chi connectivity index (χ4n) is 2.55. The highest BCUT2D eigenvalue weighted by molar-refractivity contribution is 5.75. The summed E-state index contributed by atoms with van der Waals surface area (Å²) in [5.41, 5.74) is 0. The largest absolute Gasteiger partial charge is 0.468 e. The fourth-order valence-corrected chi connectivity index (χ4v) is 2.55. The molecule has 1 N–H and O–H groups in total. The van der Waals surface area contributed by atoms with Gasteiger partial charge in [0, 0.05) is 0 Å². The average Bonchev–Trinajstić information content (AvgIpc) is 2.42. The van der Waals surface area contributed by atoms with E-state index in [9.17, 15) is 4.79 Å². The third kappa shape index (κ3) is 5.49. The molecule has 19 heavy (non-hydrogen) atoms. The van der Waals surface area contributed by atoms with Gasteiger partial charge in [0.2, 0.25) is 0 Å². The van der Waals surface area contributed by atoms with E-state index < -0.39 is 0 Å². The number of rotatable bonds is 7. The van der Waals surface area contributed by atoms with Crippen molar-refractivity contribution >= 4 is 5.97 Å². The summed E-state index contributed by atoms with van der Waals surface area (Å²) in [4.78, 5) is 11.6. The monoisotopic (exact) mass is 271 g/mol. The average molecular weight is 271 g/mol. The quantitative estimate of drug-likeness (QED) is 0.722. The second-order valence-electron chi connectivity index (χ2n) is 5.75. The molecule has 112 valence electrons. The first-order valence-electron chi connectivity index (χ1n) is 7.51. The van der Waals surface area contributed by atoms with Crippen LogP contribution >= 0.6 is 0 Å². The summed E-state index contributed by atoms with van der Waals surface area (Å²) in [5, 5.41) is 3.18. The van der Waals surface area contributed by atoms with Crippen LogP contribution < -0.4 is 5.32 Å². The van der Waals surface area contributed by atoms with Gasteiger partial charge in [0.05, 0.1) is 19.8 Å². The molecular formula is C15H29NO3. The molecule has 0 radical (unpaired) electrons. The van der Waals surface area contributed by atoms with Crippen molar-refractivity contribution < 1.29 is 14.3 Å². The Bertz CT molecular complexity index is 270. The molecule has 4 heteroatoms. The number of nitrogens with one attached hydrogen (secondary N) is 1. The first-order valence-corrected chi connectivity index (χ1v) is 7.51. The maximum atomic E-state index is 11.6. The van der Waals surface area contributed by atoms with E-state index in [1.54, 1.807) is 0 Å². The van der Waals surface area contributed by atoms with Crippen molar-refractivity contribution in [3.05, 3.63) is 0 Å². The van der Waals surface area contributed by atoms with Gasteiger partial charge in [-0.15, -0.1) is 0 Å². The van der Waals surface area contributed by atoms with Crippen molar-refractivity contribution in [3.8, 4) is 0 Å². The van der Waals surface area contributed by atoms with Crippen molar-refractivity contribution in [2.45, 2.75) is 58.6 Å². The molecule has 1 saturated carbocycles. The van der Waals surface area contributed by atoms with Gasteiger partial charge in [0.25, 0.3) is 0 Å². The fraction of sp³-hybridized carbons (Fsp3) is 0.933. The summed E-state index contributed by atoms with van der Waals surface area (Å²) in [6, 6.07) is -0.334. The second-order valence-corrected chi connectivity index (χ2v) is 5.75. The van der Waals surface area contributed by atoms with Crippen LogP contribution in [0, 0.1) is 11.8 Å². The number of esters is 1. The van der Waals surface area contributed by atoms with Gasteiger partial charge in [-0.1, -0.05) is 20.8 Å². The van der Waals surface area contributed by atoms with Gasteiger partial charge in [-0.25, -0.2) is 0 Å². The van der Waals surface area contributed by atoms with Gasteiger partial charge in [0.1, 0.15) is 6.04 Å². The van der Waals surface area contributed by atoms with Gasteiger partial charge in [-0.05, 0) is 44.1 Å². The lowest BCUT2D eigenvalue weighted by molar-refractivity contribution is -0.145. The number of carbonyl (C=O) groups excluding carboxylic acids is 1. The molecule has 1 aliphatic rings. The Morgan fingerprint density at radius 2 is 2.05 bits per heavy atom. The van der Waals surface area contributed by atoms with Crippen LogP contribution in [0.4, 0.5) is 0 Å². The zero-order valence-electron chi connectivity index (χ0n) is 12.8. The molecule has 0 aromatic rings. The summed E-state index contributed by atoms with van der Waals surface area (Å²) in [5.74, 6) is 1.26. The minimum atomic E-state index is -0.334. The topological polar surface area (TPSA) is 47.6 Å². The summed E-state index contributed by atoms with van der Waals surface area (Å²) in [6.07, 6.45) is 4.71. The maximum absolute atomic E-state index is 11.6. The molecule has 1 rings (SSSR count). The first kappa shape index (κ1) is 16.4. The molecule has 4 nitrogen and oxygen atoms in total. The molecule has 1 aliphatic carbocycles. The summed E-state index contributed by atoms with van der Waals surface area (Å²) in [6.45, 7) is 7.89. The third-order valence-electron chi connectivity index (χ3n) is 4.18. The van der Waals surface area contributed by atoms with Crippen LogP contribution in [-0.4, -0.2) is 38.4 Å². The van der Waals surface area contributed by atoms with E-state index in [-0.39, 0.29) is 12.0 Å². The van der Waals surface area contributed by atoms with E-state index in [4.69, 9.17) is 9.47 Å². The van der Waals surface area contributed by atoms with Crippen LogP contribution in [0.25, 0.3) is 0 Å². The minimum Gasteiger partial charge on any atom is -0.468 e. The number of carbonyl (C=O) groups is 1. The zero-order valence-corrected chi connectivity index (χ0v) is 12.8. The molecule has 0 heterocycles. The van der Waals surface area contributed by atoms with Crippen LogP contribution in [0.5, 0.6) is 0 Å². The Balaban J connectivity index is 2.36. The Kier molecular flexibility index (Phi) is 7.39. The smallest absolute Gasteiger partial charge is 0.325 e. The standard InChI is InChI=1S/C15H29NO3/c1-5-8-16-14(15(17)18-4)10-19-13-7-6-11(2)12(3)9-13/h11-14,16H,5-10H2,1-4H3. The molecule has 4 unspecified atom stereocenters. The molecular weight excluding hydrogens is 242 g/mol. The lowest BCUT2D eigenvalue weighted by Gasteiger charge is -2.32. The first-order chi connectivity index (χ1) is 9.08. The SMILES string of the molecule is CCCNC(COC1CCC(C)C(C)C1)C(=O)OC. The number of hydrogen-bond donors (Lipinski definition) is 1. The lowest BCUT2D eigenvalue weighted by atomic mass is 9.80. The van der Waals surface area contributed by atoms with E-state index in [0.717, 1.165) is 31.7 Å². The predicted molar refractivity (Wildman–Crippen MR) is 76.0 cm³/mol. The Labute approximate surface area is 117 Å². The molecule has 4 atom stereocenters. The van der Waals surface area contributed by atoms with Gasteiger partial charge in [-0.2, -0.15) is 0 Å². The van der Waals surface area contributed by atoms with Crippen LogP contribution in [-0.2, 0) is 14.3 Å². The highest BCUT2D eigenvalue weighted by atomic mass is 16.5. The van der Waals surface area contributed by atoms with E-state index >= 15 is 0 Å². The molecule has 0 bridgehead atoms. The van der Waals surface area contributed by atoms with Crippen molar-refractivity contribution in [3.63, 3.8) is 0 Å². The van der Waals surface area contributed by atoms with Crippen molar-refractivity contribution in [1.29, 1.82) is 0 Å². The van der Waals surface area contributed by atoms with E-state index in [0.29, 0.717) is 18.6 Å². The zero-order chi connectivity index (χ0) is 14.3. The molecule has 0 amide bonds. The Hall–Kier alpha value is -0.610. The number of ether oxygens (including phenoxy) is 2. The maximum Gasteiger partial charge on any atom is 0.325 e. The normalized spacial score (nSPS) is 28.9. The molecule has 0 saturated heterocycles. The van der Waals surface area contributed by atoms with E-state index in [2.05, 4.69) is 26.1 Å². The molecule has 1 fully saturated rings.